The molecule has 1 aliphatic carbocycles. The minimum Gasteiger partial charge on any atom is -0.388 e. The Balaban J connectivity index is 2.57. The molecule has 1 atom stereocenters. The maximum atomic E-state index is 13.1. The van der Waals surface area contributed by atoms with Crippen LogP contribution in [0.4, 0.5) is 10.1 Å². The molecule has 0 saturated carbocycles. The largest absolute Gasteiger partial charge is 0.388 e. The zero-order valence-electron chi connectivity index (χ0n) is 7.24. The Hall–Kier alpha value is -1.49. The van der Waals surface area contributed by atoms with Crippen molar-refractivity contribution in [1.29, 1.82) is 0 Å². The molecular weight excluding hydrogens is 189 g/mol. The van der Waals surface area contributed by atoms with Crippen molar-refractivity contribution < 1.29 is 14.4 Å². The Labute approximate surface area is 79.1 Å². The van der Waals surface area contributed by atoms with Crippen molar-refractivity contribution >= 4 is 5.69 Å². The lowest BCUT2D eigenvalue weighted by atomic mass is 10.1. The van der Waals surface area contributed by atoms with Crippen LogP contribution in [0.15, 0.2) is 12.1 Å². The second-order valence-electron chi connectivity index (χ2n) is 3.31. The maximum Gasteiger partial charge on any atom is 0.305 e. The summed E-state index contributed by atoms with van der Waals surface area (Å²) in [7, 11) is 0. The van der Waals surface area contributed by atoms with E-state index in [0.717, 1.165) is 12.1 Å². The van der Waals surface area contributed by atoms with Gasteiger partial charge < -0.3 is 5.11 Å². The highest BCUT2D eigenvalue weighted by Crippen LogP contribution is 2.34. The molecule has 4 nitrogen and oxygen atoms in total. The Morgan fingerprint density at radius 2 is 2.29 bits per heavy atom. The van der Waals surface area contributed by atoms with Crippen molar-refractivity contribution in [3.63, 3.8) is 0 Å². The molecule has 0 amide bonds. The summed E-state index contributed by atoms with van der Waals surface area (Å²) in [4.78, 5) is 9.64. The summed E-state index contributed by atoms with van der Waals surface area (Å²) in [5, 5.41) is 19.8. The van der Waals surface area contributed by atoms with Crippen LogP contribution in [-0.2, 0) is 6.42 Å². The molecule has 0 bridgehead atoms. The van der Waals surface area contributed by atoms with E-state index in [1.165, 1.54) is 0 Å². The first-order chi connectivity index (χ1) is 6.59. The average Bonchev–Trinajstić information content (AvgIpc) is 2.46. The number of hydrogen-bond donors (Lipinski definition) is 1. The first-order valence-corrected chi connectivity index (χ1v) is 4.24. The molecule has 1 aliphatic rings. The van der Waals surface area contributed by atoms with Crippen LogP contribution in [0.1, 0.15) is 23.7 Å². The second-order valence-corrected chi connectivity index (χ2v) is 3.31. The van der Waals surface area contributed by atoms with Crippen molar-refractivity contribution in [2.24, 2.45) is 0 Å². The summed E-state index contributed by atoms with van der Waals surface area (Å²) in [5.74, 6) is -0.831. The molecule has 0 aliphatic heterocycles. The molecule has 5 heteroatoms. The van der Waals surface area contributed by atoms with Crippen molar-refractivity contribution in [1.82, 2.24) is 0 Å². The van der Waals surface area contributed by atoms with Crippen molar-refractivity contribution in [3.8, 4) is 0 Å². The first-order valence-electron chi connectivity index (χ1n) is 4.24. The van der Waals surface area contributed by atoms with Gasteiger partial charge in [0.1, 0.15) is 0 Å². The molecule has 2 rings (SSSR count). The van der Waals surface area contributed by atoms with Gasteiger partial charge in [0, 0.05) is 6.07 Å². The zero-order valence-corrected chi connectivity index (χ0v) is 7.24. The van der Waals surface area contributed by atoms with Crippen molar-refractivity contribution in [2.45, 2.75) is 18.9 Å². The summed E-state index contributed by atoms with van der Waals surface area (Å²) in [6.45, 7) is 0. The van der Waals surface area contributed by atoms with Crippen LogP contribution in [0, 0.1) is 15.9 Å². The summed E-state index contributed by atoms with van der Waals surface area (Å²) in [6.07, 6.45) is 0.394. The average molecular weight is 197 g/mol. The second kappa shape index (κ2) is 3.02. The number of benzene rings is 1. The molecule has 14 heavy (non-hydrogen) atoms. The number of nitro groups is 1. The number of aliphatic hydroxyl groups is 1. The van der Waals surface area contributed by atoms with Gasteiger partial charge >= 0.3 is 5.69 Å². The van der Waals surface area contributed by atoms with E-state index < -0.39 is 22.5 Å². The number of aryl methyl sites for hydroxylation is 1. The van der Waals surface area contributed by atoms with Gasteiger partial charge in [0.2, 0.25) is 5.82 Å². The van der Waals surface area contributed by atoms with E-state index in [-0.39, 0.29) is 0 Å². The maximum absolute atomic E-state index is 13.1. The Bertz CT molecular complexity index is 405. The van der Waals surface area contributed by atoms with Crippen LogP contribution in [0.3, 0.4) is 0 Å². The highest BCUT2D eigenvalue weighted by atomic mass is 19.1. The monoisotopic (exact) mass is 197 g/mol. The molecule has 1 aromatic carbocycles. The van der Waals surface area contributed by atoms with Gasteiger partial charge in [0.15, 0.2) is 0 Å². The number of halogens is 1. The molecule has 0 heterocycles. The van der Waals surface area contributed by atoms with Crippen molar-refractivity contribution in [3.05, 3.63) is 39.2 Å². The van der Waals surface area contributed by atoms with Gasteiger partial charge in [-0.05, 0) is 30.0 Å². The quantitative estimate of drug-likeness (QED) is 0.550. The Kier molecular flexibility index (Phi) is 1.96. The highest BCUT2D eigenvalue weighted by Gasteiger charge is 2.26. The summed E-state index contributed by atoms with van der Waals surface area (Å²) in [5.41, 5.74) is 0.586. The van der Waals surface area contributed by atoms with Crippen LogP contribution in [0.5, 0.6) is 0 Å². The van der Waals surface area contributed by atoms with Gasteiger partial charge in [-0.2, -0.15) is 4.39 Å². The normalized spacial score (nSPS) is 19.4. The molecule has 0 saturated heterocycles. The van der Waals surface area contributed by atoms with E-state index in [2.05, 4.69) is 0 Å². The van der Waals surface area contributed by atoms with E-state index in [4.69, 9.17) is 0 Å². The zero-order chi connectivity index (χ0) is 10.3. The molecule has 1 N–H and O–H groups in total. The lowest BCUT2D eigenvalue weighted by molar-refractivity contribution is -0.387. The van der Waals surface area contributed by atoms with Crippen molar-refractivity contribution in [2.75, 3.05) is 0 Å². The van der Waals surface area contributed by atoms with Gasteiger partial charge in [-0.1, -0.05) is 0 Å². The topological polar surface area (TPSA) is 63.4 Å². The highest BCUT2D eigenvalue weighted by molar-refractivity contribution is 5.44. The minimum atomic E-state index is -0.831. The van der Waals surface area contributed by atoms with Gasteiger partial charge in [-0.3, -0.25) is 10.1 Å². The van der Waals surface area contributed by atoms with Gasteiger partial charge in [0.05, 0.1) is 11.0 Å². The van der Waals surface area contributed by atoms with Gasteiger partial charge in [0.25, 0.3) is 0 Å². The van der Waals surface area contributed by atoms with Crippen LogP contribution in [-0.4, -0.2) is 10.0 Å². The molecule has 0 spiro atoms. The number of nitrogens with zero attached hydrogens (tertiary/aromatic N) is 1. The van der Waals surface area contributed by atoms with Gasteiger partial charge in [-0.25, -0.2) is 0 Å². The SMILES string of the molecule is O=[N+]([O-])c1cc2c(cc1F)CCC2O. The Morgan fingerprint density at radius 1 is 1.57 bits per heavy atom. The lowest BCUT2D eigenvalue weighted by Gasteiger charge is -2.03. The summed E-state index contributed by atoms with van der Waals surface area (Å²) >= 11 is 0. The van der Waals surface area contributed by atoms with Crippen LogP contribution < -0.4 is 0 Å². The summed E-state index contributed by atoms with van der Waals surface area (Å²) in [6, 6.07) is 2.27. The van der Waals surface area contributed by atoms with Crippen LogP contribution >= 0.6 is 0 Å². The van der Waals surface area contributed by atoms with E-state index in [0.29, 0.717) is 24.0 Å². The predicted molar refractivity (Wildman–Crippen MR) is 46.3 cm³/mol. The van der Waals surface area contributed by atoms with E-state index in [9.17, 15) is 19.6 Å². The minimum absolute atomic E-state index is 0.484. The molecule has 74 valence electrons. The standard InChI is InChI=1S/C9H8FNO3/c10-7-3-5-1-2-9(12)6(5)4-8(7)11(13)14/h3-4,9,12H,1-2H2. The van der Waals surface area contributed by atoms with Crippen LogP contribution in [0.2, 0.25) is 0 Å². The number of rotatable bonds is 1. The molecule has 1 aromatic rings. The lowest BCUT2D eigenvalue weighted by Crippen LogP contribution is -1.97. The third-order valence-electron chi connectivity index (χ3n) is 2.45. The van der Waals surface area contributed by atoms with E-state index in [1.807, 2.05) is 0 Å². The fraction of sp³-hybridized carbons (Fsp3) is 0.333. The third kappa shape index (κ3) is 1.26. The van der Waals surface area contributed by atoms with Crippen LogP contribution in [0.25, 0.3) is 0 Å². The number of hydrogen-bond acceptors (Lipinski definition) is 3. The third-order valence-corrected chi connectivity index (χ3v) is 2.45. The fourth-order valence-corrected chi connectivity index (χ4v) is 1.73. The smallest absolute Gasteiger partial charge is 0.305 e. The number of nitro benzene ring substituents is 1. The van der Waals surface area contributed by atoms with E-state index >= 15 is 0 Å². The summed E-state index contributed by atoms with van der Waals surface area (Å²) < 4.78 is 13.1. The molecule has 0 aromatic heterocycles. The molecule has 0 radical (unpaired) electrons. The number of fused-ring (bicyclic) bond motifs is 1. The van der Waals surface area contributed by atoms with Gasteiger partial charge in [-0.15, -0.1) is 0 Å². The molecule has 0 fully saturated rings. The molecular formula is C9H8FNO3. The molecule has 1 unspecified atom stereocenters. The first kappa shape index (κ1) is 9.08. The van der Waals surface area contributed by atoms with E-state index in [1.54, 1.807) is 0 Å². The fourth-order valence-electron chi connectivity index (χ4n) is 1.73. The number of aliphatic hydroxyl groups excluding tert-OH is 1. The Morgan fingerprint density at radius 3 is 2.93 bits per heavy atom. The predicted octanol–water partition coefficient (Wildman–Crippen LogP) is 1.71.